The average Bonchev–Trinajstić information content (AvgIpc) is 2.34. The van der Waals surface area contributed by atoms with Gasteiger partial charge in [-0.3, -0.25) is 0 Å². The fourth-order valence-corrected chi connectivity index (χ4v) is 1.52. The third-order valence-corrected chi connectivity index (χ3v) is 2.38. The first kappa shape index (κ1) is 18.5. The van der Waals surface area contributed by atoms with Gasteiger partial charge in [0.15, 0.2) is 0 Å². The second-order valence-corrected chi connectivity index (χ2v) is 5.37. The van der Waals surface area contributed by atoms with Crippen molar-refractivity contribution in [2.45, 2.75) is 51.7 Å². The first-order chi connectivity index (χ1) is 9.30. The molecular formula is C13H22N2O4S. The van der Waals surface area contributed by atoms with Gasteiger partial charge in [0.2, 0.25) is 0 Å². The molecule has 0 spiro atoms. The number of isothiocyanates is 1. The van der Waals surface area contributed by atoms with Crippen molar-refractivity contribution < 1.29 is 19.1 Å². The van der Waals surface area contributed by atoms with E-state index < -0.39 is 23.7 Å². The summed E-state index contributed by atoms with van der Waals surface area (Å²) in [7, 11) is 1.28. The van der Waals surface area contributed by atoms with Gasteiger partial charge >= 0.3 is 12.1 Å². The molecule has 1 N–H and O–H groups in total. The predicted molar refractivity (Wildman–Crippen MR) is 78.9 cm³/mol. The third-order valence-electron chi connectivity index (χ3n) is 2.25. The van der Waals surface area contributed by atoms with Crippen LogP contribution in [-0.4, -0.2) is 42.5 Å². The van der Waals surface area contributed by atoms with E-state index in [-0.39, 0.29) is 0 Å². The number of hydrogen-bond acceptors (Lipinski definition) is 6. The van der Waals surface area contributed by atoms with Crippen LogP contribution in [0.5, 0.6) is 0 Å². The molecule has 7 heteroatoms. The van der Waals surface area contributed by atoms with E-state index in [0.717, 1.165) is 6.42 Å². The molecule has 1 atom stereocenters. The second kappa shape index (κ2) is 9.44. The van der Waals surface area contributed by atoms with Crippen LogP contribution in [-0.2, 0) is 14.3 Å². The Morgan fingerprint density at radius 1 is 1.35 bits per heavy atom. The standard InChI is InChI=1S/C13H22N2O4S/c1-13(2,3)19-12(17)15-10(11(16)18-4)7-5-6-8-14-9-20/h10H,5-8H2,1-4H3,(H,15,17). The van der Waals surface area contributed by atoms with Gasteiger partial charge in [-0.2, -0.15) is 0 Å². The van der Waals surface area contributed by atoms with Crippen LogP contribution in [0.1, 0.15) is 40.0 Å². The summed E-state index contributed by atoms with van der Waals surface area (Å²) in [4.78, 5) is 27.0. The molecule has 0 aliphatic rings. The topological polar surface area (TPSA) is 77.0 Å². The lowest BCUT2D eigenvalue weighted by Gasteiger charge is -2.22. The average molecular weight is 302 g/mol. The molecule has 0 rings (SSSR count). The number of carbonyl (C=O) groups is 2. The quantitative estimate of drug-likeness (QED) is 0.338. The Bertz CT molecular complexity index is 373. The van der Waals surface area contributed by atoms with Crippen molar-refractivity contribution >= 4 is 29.4 Å². The van der Waals surface area contributed by atoms with Crippen LogP contribution in [0.2, 0.25) is 0 Å². The highest BCUT2D eigenvalue weighted by Gasteiger charge is 2.24. The molecule has 1 unspecified atom stereocenters. The van der Waals surface area contributed by atoms with Crippen LogP contribution in [0.4, 0.5) is 4.79 Å². The summed E-state index contributed by atoms with van der Waals surface area (Å²) in [6.45, 7) is 5.82. The smallest absolute Gasteiger partial charge is 0.408 e. The number of rotatable bonds is 7. The lowest BCUT2D eigenvalue weighted by Crippen LogP contribution is -2.44. The zero-order chi connectivity index (χ0) is 15.6. The Morgan fingerprint density at radius 2 is 2.00 bits per heavy atom. The number of nitrogens with zero attached hydrogens (tertiary/aromatic N) is 1. The summed E-state index contributed by atoms with van der Waals surface area (Å²) < 4.78 is 9.77. The minimum Gasteiger partial charge on any atom is -0.467 e. The SMILES string of the molecule is COC(=O)C(CCCCN=C=S)NC(=O)OC(C)(C)C. The van der Waals surface area contributed by atoms with E-state index in [2.05, 4.69) is 32.4 Å². The molecule has 0 aliphatic heterocycles. The fraction of sp³-hybridized carbons (Fsp3) is 0.769. The van der Waals surface area contributed by atoms with Crippen LogP contribution in [0.25, 0.3) is 0 Å². The van der Waals surface area contributed by atoms with Crippen molar-refractivity contribution in [2.24, 2.45) is 4.99 Å². The molecule has 0 radical (unpaired) electrons. The van der Waals surface area contributed by atoms with E-state index in [4.69, 9.17) is 4.74 Å². The van der Waals surface area contributed by atoms with Crippen molar-refractivity contribution in [2.75, 3.05) is 13.7 Å². The number of ether oxygens (including phenoxy) is 2. The monoisotopic (exact) mass is 302 g/mol. The van der Waals surface area contributed by atoms with Crippen LogP contribution in [0.15, 0.2) is 4.99 Å². The van der Waals surface area contributed by atoms with Crippen LogP contribution < -0.4 is 5.32 Å². The summed E-state index contributed by atoms with van der Waals surface area (Å²) in [5.41, 5.74) is -0.612. The molecule has 0 fully saturated rings. The van der Waals surface area contributed by atoms with E-state index in [1.807, 2.05) is 0 Å². The largest absolute Gasteiger partial charge is 0.467 e. The molecule has 0 saturated heterocycles. The molecule has 0 saturated carbocycles. The number of esters is 1. The number of hydrogen-bond donors (Lipinski definition) is 1. The number of thiocarbonyl (C=S) groups is 1. The zero-order valence-corrected chi connectivity index (χ0v) is 13.2. The summed E-state index contributed by atoms with van der Waals surface area (Å²) in [6.07, 6.45) is 1.28. The third kappa shape index (κ3) is 9.47. The molecule has 0 heterocycles. The highest BCUT2D eigenvalue weighted by molar-refractivity contribution is 7.78. The molecule has 0 aliphatic carbocycles. The van der Waals surface area contributed by atoms with Crippen molar-refractivity contribution in [3.8, 4) is 0 Å². The van der Waals surface area contributed by atoms with E-state index >= 15 is 0 Å². The zero-order valence-electron chi connectivity index (χ0n) is 12.4. The number of aliphatic imine (C=N–C) groups is 1. The maximum absolute atomic E-state index is 11.6. The Morgan fingerprint density at radius 3 is 2.50 bits per heavy atom. The number of carbonyl (C=O) groups excluding carboxylic acids is 2. The maximum atomic E-state index is 11.6. The summed E-state index contributed by atoms with van der Waals surface area (Å²) >= 11 is 4.46. The van der Waals surface area contributed by atoms with Crippen LogP contribution in [0, 0.1) is 0 Å². The predicted octanol–water partition coefficient (Wildman–Crippen LogP) is 2.33. The van der Waals surface area contributed by atoms with Crippen molar-refractivity contribution in [3.63, 3.8) is 0 Å². The van der Waals surface area contributed by atoms with Crippen molar-refractivity contribution in [1.29, 1.82) is 0 Å². The lowest BCUT2D eigenvalue weighted by molar-refractivity contribution is -0.143. The van der Waals surface area contributed by atoms with E-state index in [1.54, 1.807) is 20.8 Å². The maximum Gasteiger partial charge on any atom is 0.408 e. The van der Waals surface area contributed by atoms with Gasteiger partial charge in [-0.15, -0.1) is 0 Å². The Hall–Kier alpha value is -1.46. The highest BCUT2D eigenvalue weighted by Crippen LogP contribution is 2.09. The molecule has 0 aromatic heterocycles. The van der Waals surface area contributed by atoms with Crippen molar-refractivity contribution in [1.82, 2.24) is 5.32 Å². The number of nitrogens with one attached hydrogen (secondary N) is 1. The van der Waals surface area contributed by atoms with Crippen LogP contribution >= 0.6 is 12.2 Å². The van der Waals surface area contributed by atoms with Gasteiger partial charge in [-0.1, -0.05) is 0 Å². The minimum absolute atomic E-state index is 0.457. The molecule has 1 amide bonds. The molecule has 6 nitrogen and oxygen atoms in total. The van der Waals surface area contributed by atoms with Gasteiger partial charge in [0.05, 0.1) is 12.3 Å². The van der Waals surface area contributed by atoms with Crippen LogP contribution in [0.3, 0.4) is 0 Å². The van der Waals surface area contributed by atoms with Gasteiger partial charge in [0.25, 0.3) is 0 Å². The Kier molecular flexibility index (Phi) is 8.76. The summed E-state index contributed by atoms with van der Waals surface area (Å²) in [5, 5.41) is 4.79. The normalized spacial score (nSPS) is 12.0. The van der Waals surface area contributed by atoms with E-state index in [1.165, 1.54) is 7.11 Å². The van der Waals surface area contributed by atoms with Crippen molar-refractivity contribution in [3.05, 3.63) is 0 Å². The molecule has 114 valence electrons. The first-order valence-electron chi connectivity index (χ1n) is 6.41. The molecular weight excluding hydrogens is 280 g/mol. The molecule has 0 aromatic carbocycles. The lowest BCUT2D eigenvalue weighted by atomic mass is 10.1. The van der Waals surface area contributed by atoms with E-state index in [9.17, 15) is 9.59 Å². The minimum atomic E-state index is -0.716. The number of unbranched alkanes of at least 4 members (excludes halogenated alkanes) is 1. The number of alkyl carbamates (subject to hydrolysis) is 1. The van der Waals surface area contributed by atoms with E-state index in [0.29, 0.717) is 19.4 Å². The highest BCUT2D eigenvalue weighted by atomic mass is 32.1. The number of amides is 1. The second-order valence-electron chi connectivity index (χ2n) is 5.19. The van der Waals surface area contributed by atoms with Gasteiger partial charge in [-0.25, -0.2) is 14.6 Å². The molecule has 0 bridgehead atoms. The van der Waals surface area contributed by atoms with Gasteiger partial charge in [0, 0.05) is 6.54 Å². The van der Waals surface area contributed by atoms with Gasteiger partial charge in [0.1, 0.15) is 11.6 Å². The Balaban J connectivity index is 4.31. The fourth-order valence-electron chi connectivity index (χ4n) is 1.43. The Labute approximate surface area is 124 Å². The summed E-state index contributed by atoms with van der Waals surface area (Å²) in [6, 6.07) is -0.716. The van der Waals surface area contributed by atoms with Gasteiger partial charge < -0.3 is 14.8 Å². The number of methoxy groups -OCH3 is 1. The molecule has 0 aromatic rings. The van der Waals surface area contributed by atoms with Gasteiger partial charge in [-0.05, 0) is 52.3 Å². The molecule has 20 heavy (non-hydrogen) atoms. The first-order valence-corrected chi connectivity index (χ1v) is 6.82. The summed E-state index contributed by atoms with van der Waals surface area (Å²) in [5.74, 6) is -0.491.